The largest absolute Gasteiger partial charge is 0.395 e. The topological polar surface area (TPSA) is 69.6 Å². The SMILES string of the molecule is CN(C)S(=O)(=O)CC(N[C@H](CO)Cc1ccccc1)C1CC1. The predicted molar refractivity (Wildman–Crippen MR) is 88.1 cm³/mol. The maximum Gasteiger partial charge on any atom is 0.215 e. The quantitative estimate of drug-likeness (QED) is 0.706. The highest BCUT2D eigenvalue weighted by Gasteiger charge is 2.36. The molecule has 0 aromatic heterocycles. The zero-order chi connectivity index (χ0) is 16.2. The van der Waals surface area contributed by atoms with Crippen molar-refractivity contribution in [1.29, 1.82) is 0 Å². The van der Waals surface area contributed by atoms with E-state index in [2.05, 4.69) is 5.32 Å². The Morgan fingerprint density at radius 2 is 1.91 bits per heavy atom. The highest BCUT2D eigenvalue weighted by atomic mass is 32.2. The van der Waals surface area contributed by atoms with Crippen LogP contribution < -0.4 is 5.32 Å². The molecule has 22 heavy (non-hydrogen) atoms. The second-order valence-electron chi connectivity index (χ2n) is 6.24. The minimum atomic E-state index is -3.24. The van der Waals surface area contributed by atoms with Gasteiger partial charge in [-0.1, -0.05) is 30.3 Å². The van der Waals surface area contributed by atoms with Crippen LogP contribution in [-0.4, -0.2) is 56.4 Å². The van der Waals surface area contributed by atoms with Crippen molar-refractivity contribution in [1.82, 2.24) is 9.62 Å². The Hall–Kier alpha value is -0.950. The van der Waals surface area contributed by atoms with Crippen molar-refractivity contribution in [3.63, 3.8) is 0 Å². The summed E-state index contributed by atoms with van der Waals surface area (Å²) < 4.78 is 25.5. The molecule has 2 atom stereocenters. The molecule has 1 saturated carbocycles. The van der Waals surface area contributed by atoms with Gasteiger partial charge >= 0.3 is 0 Å². The van der Waals surface area contributed by atoms with Gasteiger partial charge in [-0.3, -0.25) is 0 Å². The third-order valence-electron chi connectivity index (χ3n) is 4.13. The van der Waals surface area contributed by atoms with Gasteiger partial charge in [-0.2, -0.15) is 0 Å². The molecule has 0 spiro atoms. The first-order valence-corrected chi connectivity index (χ1v) is 9.34. The molecule has 0 amide bonds. The molecule has 1 unspecified atom stereocenters. The molecule has 0 bridgehead atoms. The van der Waals surface area contributed by atoms with Gasteiger partial charge in [0.2, 0.25) is 10.0 Å². The summed E-state index contributed by atoms with van der Waals surface area (Å²) in [6, 6.07) is 9.73. The molecule has 1 aromatic carbocycles. The van der Waals surface area contributed by atoms with E-state index >= 15 is 0 Å². The lowest BCUT2D eigenvalue weighted by atomic mass is 10.0. The summed E-state index contributed by atoms with van der Waals surface area (Å²) in [6.07, 6.45) is 2.82. The van der Waals surface area contributed by atoms with Crippen molar-refractivity contribution in [2.75, 3.05) is 26.5 Å². The van der Waals surface area contributed by atoms with Crippen LogP contribution in [0.1, 0.15) is 18.4 Å². The van der Waals surface area contributed by atoms with E-state index in [1.807, 2.05) is 30.3 Å². The maximum atomic E-state index is 12.1. The molecular formula is C16H26N2O3S. The molecular weight excluding hydrogens is 300 g/mol. The van der Waals surface area contributed by atoms with Gasteiger partial charge in [0, 0.05) is 26.2 Å². The van der Waals surface area contributed by atoms with E-state index in [-0.39, 0.29) is 24.4 Å². The number of hydrogen-bond acceptors (Lipinski definition) is 4. The molecule has 124 valence electrons. The third kappa shape index (κ3) is 5.05. The van der Waals surface area contributed by atoms with Crippen LogP contribution in [0.2, 0.25) is 0 Å². The lowest BCUT2D eigenvalue weighted by Crippen LogP contribution is -2.48. The number of aliphatic hydroxyl groups excluding tert-OH is 1. The van der Waals surface area contributed by atoms with Gasteiger partial charge in [0.15, 0.2) is 0 Å². The van der Waals surface area contributed by atoms with E-state index < -0.39 is 10.0 Å². The van der Waals surface area contributed by atoms with Crippen LogP contribution in [0.25, 0.3) is 0 Å². The van der Waals surface area contributed by atoms with Crippen molar-refractivity contribution >= 4 is 10.0 Å². The fourth-order valence-electron chi connectivity index (χ4n) is 2.57. The van der Waals surface area contributed by atoms with E-state index in [0.717, 1.165) is 18.4 Å². The van der Waals surface area contributed by atoms with Gasteiger partial charge in [0.25, 0.3) is 0 Å². The molecule has 2 N–H and O–H groups in total. The van der Waals surface area contributed by atoms with Crippen molar-refractivity contribution in [2.45, 2.75) is 31.3 Å². The van der Waals surface area contributed by atoms with E-state index in [0.29, 0.717) is 12.3 Å². The number of aliphatic hydroxyl groups is 1. The Kier molecular flexibility index (Phi) is 5.97. The van der Waals surface area contributed by atoms with Gasteiger partial charge in [-0.15, -0.1) is 0 Å². The molecule has 0 aliphatic heterocycles. The highest BCUT2D eigenvalue weighted by molar-refractivity contribution is 7.89. The van der Waals surface area contributed by atoms with Crippen molar-refractivity contribution in [2.24, 2.45) is 5.92 Å². The van der Waals surface area contributed by atoms with Crippen LogP contribution in [0, 0.1) is 5.92 Å². The fourth-order valence-corrected chi connectivity index (χ4v) is 3.69. The molecule has 1 fully saturated rings. The molecule has 6 heteroatoms. The summed E-state index contributed by atoms with van der Waals surface area (Å²) >= 11 is 0. The molecule has 2 rings (SSSR count). The molecule has 1 aliphatic carbocycles. The average molecular weight is 326 g/mol. The third-order valence-corrected chi connectivity index (χ3v) is 6.03. The van der Waals surface area contributed by atoms with Gasteiger partial charge in [-0.25, -0.2) is 12.7 Å². The second-order valence-corrected chi connectivity index (χ2v) is 8.47. The van der Waals surface area contributed by atoms with Crippen molar-refractivity contribution in [3.8, 4) is 0 Å². The zero-order valence-corrected chi connectivity index (χ0v) is 14.1. The minimum Gasteiger partial charge on any atom is -0.395 e. The smallest absolute Gasteiger partial charge is 0.215 e. The standard InChI is InChI=1S/C16H26N2O3S/c1-18(2)22(20,21)12-16(14-8-9-14)17-15(11-19)10-13-6-4-3-5-7-13/h3-7,14-17,19H,8-12H2,1-2H3/t15-,16?/m0/s1. The molecule has 5 nitrogen and oxygen atoms in total. The van der Waals surface area contributed by atoms with Gasteiger partial charge in [0.1, 0.15) is 0 Å². The first-order valence-electron chi connectivity index (χ1n) is 7.73. The Balaban J connectivity index is 2.00. The Morgan fingerprint density at radius 3 is 2.41 bits per heavy atom. The predicted octanol–water partition coefficient (Wildman–Crippen LogP) is 0.850. The normalized spacial score (nSPS) is 18.4. The molecule has 0 heterocycles. The number of hydrogen-bond donors (Lipinski definition) is 2. The first-order chi connectivity index (χ1) is 10.4. The number of nitrogens with zero attached hydrogens (tertiary/aromatic N) is 1. The summed E-state index contributed by atoms with van der Waals surface area (Å²) in [5.41, 5.74) is 1.14. The molecule has 1 aromatic rings. The molecule has 0 saturated heterocycles. The van der Waals surface area contributed by atoms with Crippen LogP contribution in [-0.2, 0) is 16.4 Å². The lowest BCUT2D eigenvalue weighted by Gasteiger charge is -2.26. The van der Waals surface area contributed by atoms with Crippen LogP contribution in [0.5, 0.6) is 0 Å². The number of benzene rings is 1. The van der Waals surface area contributed by atoms with Gasteiger partial charge in [-0.05, 0) is 30.7 Å². The number of sulfonamides is 1. The number of nitrogens with one attached hydrogen (secondary N) is 1. The van der Waals surface area contributed by atoms with Crippen LogP contribution >= 0.6 is 0 Å². The lowest BCUT2D eigenvalue weighted by molar-refractivity contribution is 0.228. The van der Waals surface area contributed by atoms with Crippen LogP contribution in [0.3, 0.4) is 0 Å². The molecule has 1 aliphatic rings. The minimum absolute atomic E-state index is 0.000125. The van der Waals surface area contributed by atoms with Crippen molar-refractivity contribution < 1.29 is 13.5 Å². The van der Waals surface area contributed by atoms with Gasteiger partial charge < -0.3 is 10.4 Å². The highest BCUT2D eigenvalue weighted by Crippen LogP contribution is 2.33. The van der Waals surface area contributed by atoms with Gasteiger partial charge in [0.05, 0.1) is 12.4 Å². The van der Waals surface area contributed by atoms with E-state index in [4.69, 9.17) is 0 Å². The second kappa shape index (κ2) is 7.55. The van der Waals surface area contributed by atoms with E-state index in [1.54, 1.807) is 14.1 Å². The maximum absolute atomic E-state index is 12.1. The summed E-state index contributed by atoms with van der Waals surface area (Å²) in [4.78, 5) is 0. The zero-order valence-electron chi connectivity index (χ0n) is 13.3. The van der Waals surface area contributed by atoms with Crippen LogP contribution in [0.4, 0.5) is 0 Å². The summed E-state index contributed by atoms with van der Waals surface area (Å²) in [7, 11) is -0.115. The van der Waals surface area contributed by atoms with E-state index in [9.17, 15) is 13.5 Å². The average Bonchev–Trinajstić information content (AvgIpc) is 3.31. The Labute approximate surface area is 133 Å². The Morgan fingerprint density at radius 1 is 1.27 bits per heavy atom. The van der Waals surface area contributed by atoms with Crippen LogP contribution in [0.15, 0.2) is 30.3 Å². The Bertz CT molecular complexity index is 556. The summed E-state index contributed by atoms with van der Waals surface area (Å²) in [5.74, 6) is 0.496. The van der Waals surface area contributed by atoms with Crippen molar-refractivity contribution in [3.05, 3.63) is 35.9 Å². The summed E-state index contributed by atoms with van der Waals surface area (Å²) in [5, 5.41) is 13.0. The monoisotopic (exact) mass is 326 g/mol. The number of rotatable bonds is 9. The summed E-state index contributed by atoms with van der Waals surface area (Å²) in [6.45, 7) is 0.000125. The fraction of sp³-hybridized carbons (Fsp3) is 0.625. The molecule has 0 radical (unpaired) electrons. The first kappa shape index (κ1) is 17.4. The van der Waals surface area contributed by atoms with E-state index in [1.165, 1.54) is 4.31 Å².